The van der Waals surface area contributed by atoms with Crippen molar-refractivity contribution in [1.82, 2.24) is 0 Å². The van der Waals surface area contributed by atoms with Gasteiger partial charge in [0.25, 0.3) is 5.91 Å². The van der Waals surface area contributed by atoms with E-state index >= 15 is 0 Å². The van der Waals surface area contributed by atoms with E-state index in [9.17, 15) is 19.5 Å². The average Bonchev–Trinajstić information content (AvgIpc) is 3.14. The Morgan fingerprint density at radius 1 is 0.971 bits per heavy atom. The number of esters is 1. The van der Waals surface area contributed by atoms with Gasteiger partial charge in [0, 0.05) is 0 Å². The second-order valence-corrected chi connectivity index (χ2v) is 7.59. The number of carboxylic acid groups (broad SMARTS) is 1. The molecular weight excluding hydrogens is 448 g/mol. The van der Waals surface area contributed by atoms with Gasteiger partial charge in [-0.05, 0) is 67.4 Å². The number of amides is 1. The number of anilines is 1. The summed E-state index contributed by atoms with van der Waals surface area (Å²) in [5, 5.41) is 16.5. The molecule has 0 aromatic heterocycles. The Bertz CT molecular complexity index is 1340. The number of nitrogens with zero attached hydrogens (tertiary/aromatic N) is 2. The Balaban J connectivity index is 1.58. The Morgan fingerprint density at radius 2 is 1.69 bits per heavy atom. The summed E-state index contributed by atoms with van der Waals surface area (Å²) in [4.78, 5) is 36.5. The third-order valence-electron chi connectivity index (χ3n) is 5.20. The molecule has 176 valence electrons. The zero-order valence-electron chi connectivity index (χ0n) is 19.1. The summed E-state index contributed by atoms with van der Waals surface area (Å²) in [6.45, 7) is 3.87. The number of carboxylic acids is 1. The molecule has 1 aliphatic rings. The minimum absolute atomic E-state index is 0.00775. The van der Waals surface area contributed by atoms with E-state index in [1.807, 2.05) is 13.0 Å². The molecule has 0 radical (unpaired) electrons. The summed E-state index contributed by atoms with van der Waals surface area (Å²) in [5.41, 5.74) is 2.37. The van der Waals surface area contributed by atoms with Crippen molar-refractivity contribution in [2.24, 2.45) is 5.10 Å². The van der Waals surface area contributed by atoms with Gasteiger partial charge in [-0.15, -0.1) is 0 Å². The minimum atomic E-state index is -1.30. The number of rotatable bonds is 7. The van der Waals surface area contributed by atoms with Gasteiger partial charge in [-0.2, -0.15) is 10.1 Å². The van der Waals surface area contributed by atoms with E-state index < -0.39 is 11.9 Å². The number of hydrazone groups is 1. The lowest BCUT2D eigenvalue weighted by atomic mass is 10.1. The smallest absolute Gasteiger partial charge is 0.343 e. The summed E-state index contributed by atoms with van der Waals surface area (Å²) in [6, 6.07) is 19.3. The quantitative estimate of drug-likeness (QED) is 0.298. The van der Waals surface area contributed by atoms with Crippen molar-refractivity contribution < 1.29 is 29.0 Å². The first-order chi connectivity index (χ1) is 16.9. The molecule has 35 heavy (non-hydrogen) atoms. The SMILES string of the molecule is CCOc1cc(/C=C2\C(=O)N(c3ccc(C(=O)[O-])cc3)N=C2C)ccc1OC(=O)c1ccccc1. The maximum atomic E-state index is 13.0. The molecule has 3 aromatic carbocycles. The van der Waals surface area contributed by atoms with Crippen LogP contribution >= 0.6 is 0 Å². The molecule has 8 nitrogen and oxygen atoms in total. The predicted octanol–water partition coefficient (Wildman–Crippen LogP) is 3.47. The van der Waals surface area contributed by atoms with Gasteiger partial charge in [0.05, 0.1) is 35.1 Å². The molecule has 1 amide bonds. The van der Waals surface area contributed by atoms with Crippen LogP contribution in [0.15, 0.2) is 83.5 Å². The minimum Gasteiger partial charge on any atom is -0.545 e. The number of carbonyl (C=O) groups excluding carboxylic acids is 3. The highest BCUT2D eigenvalue weighted by Gasteiger charge is 2.28. The number of ether oxygens (including phenoxy) is 2. The number of hydrogen-bond acceptors (Lipinski definition) is 7. The maximum Gasteiger partial charge on any atom is 0.343 e. The van der Waals surface area contributed by atoms with Gasteiger partial charge in [-0.1, -0.05) is 36.4 Å². The van der Waals surface area contributed by atoms with Gasteiger partial charge in [0.1, 0.15) is 0 Å². The van der Waals surface area contributed by atoms with Crippen LogP contribution in [0.5, 0.6) is 11.5 Å². The van der Waals surface area contributed by atoms with E-state index in [-0.39, 0.29) is 17.2 Å². The largest absolute Gasteiger partial charge is 0.545 e. The number of aromatic carboxylic acids is 1. The van der Waals surface area contributed by atoms with Crippen molar-refractivity contribution >= 4 is 35.3 Å². The zero-order chi connectivity index (χ0) is 24.9. The third-order valence-corrected chi connectivity index (χ3v) is 5.20. The summed E-state index contributed by atoms with van der Waals surface area (Å²) < 4.78 is 11.2. The van der Waals surface area contributed by atoms with E-state index in [0.717, 1.165) is 0 Å². The Hall–Kier alpha value is -4.72. The van der Waals surface area contributed by atoms with Crippen LogP contribution in [0.2, 0.25) is 0 Å². The Kier molecular flexibility index (Phi) is 6.73. The fourth-order valence-electron chi connectivity index (χ4n) is 3.46. The van der Waals surface area contributed by atoms with E-state index in [2.05, 4.69) is 5.10 Å². The first-order valence-electron chi connectivity index (χ1n) is 10.8. The molecule has 8 heteroatoms. The van der Waals surface area contributed by atoms with Crippen LogP contribution in [-0.2, 0) is 4.79 Å². The van der Waals surface area contributed by atoms with Crippen LogP contribution in [0.1, 0.15) is 40.1 Å². The van der Waals surface area contributed by atoms with Crippen LogP contribution in [-0.4, -0.2) is 30.2 Å². The summed E-state index contributed by atoms with van der Waals surface area (Å²) in [6.07, 6.45) is 1.67. The Labute approximate surface area is 201 Å². The molecule has 0 spiro atoms. The van der Waals surface area contributed by atoms with Crippen molar-refractivity contribution in [1.29, 1.82) is 0 Å². The highest BCUT2D eigenvalue weighted by molar-refractivity contribution is 6.32. The molecule has 0 unspecified atom stereocenters. The van der Waals surface area contributed by atoms with Crippen molar-refractivity contribution in [2.45, 2.75) is 13.8 Å². The Morgan fingerprint density at radius 3 is 2.34 bits per heavy atom. The summed E-state index contributed by atoms with van der Waals surface area (Å²) >= 11 is 0. The molecule has 0 aliphatic carbocycles. The second kappa shape index (κ2) is 10.0. The van der Waals surface area contributed by atoms with Gasteiger partial charge < -0.3 is 19.4 Å². The van der Waals surface area contributed by atoms with E-state index in [1.165, 1.54) is 29.3 Å². The van der Waals surface area contributed by atoms with Gasteiger partial charge in [-0.3, -0.25) is 4.79 Å². The molecule has 0 bridgehead atoms. The van der Waals surface area contributed by atoms with Gasteiger partial charge in [0.15, 0.2) is 11.5 Å². The van der Waals surface area contributed by atoms with Crippen LogP contribution in [0.4, 0.5) is 5.69 Å². The molecule has 0 atom stereocenters. The molecular formula is C27H21N2O6-. The van der Waals surface area contributed by atoms with Gasteiger partial charge >= 0.3 is 5.97 Å². The monoisotopic (exact) mass is 469 g/mol. The number of carbonyl (C=O) groups is 3. The first-order valence-corrected chi connectivity index (χ1v) is 10.8. The normalized spacial score (nSPS) is 14.1. The number of benzene rings is 3. The van der Waals surface area contributed by atoms with Crippen LogP contribution in [0.25, 0.3) is 6.08 Å². The van der Waals surface area contributed by atoms with Gasteiger partial charge in [0.2, 0.25) is 0 Å². The maximum absolute atomic E-state index is 13.0. The van der Waals surface area contributed by atoms with Gasteiger partial charge in [-0.25, -0.2) is 4.79 Å². The van der Waals surface area contributed by atoms with Crippen LogP contribution in [0, 0.1) is 0 Å². The van der Waals surface area contributed by atoms with E-state index in [0.29, 0.717) is 40.5 Å². The molecule has 1 aliphatic heterocycles. The summed E-state index contributed by atoms with van der Waals surface area (Å²) in [7, 11) is 0. The fraction of sp³-hybridized carbons (Fsp3) is 0.111. The molecule has 0 fully saturated rings. The van der Waals surface area contributed by atoms with Crippen LogP contribution < -0.4 is 19.6 Å². The summed E-state index contributed by atoms with van der Waals surface area (Å²) in [5.74, 6) is -1.54. The predicted molar refractivity (Wildman–Crippen MR) is 128 cm³/mol. The van der Waals surface area contributed by atoms with Crippen molar-refractivity contribution in [3.8, 4) is 11.5 Å². The molecule has 4 rings (SSSR count). The molecule has 3 aromatic rings. The lowest BCUT2D eigenvalue weighted by Gasteiger charge is -2.13. The molecule has 1 heterocycles. The highest BCUT2D eigenvalue weighted by atomic mass is 16.6. The lowest BCUT2D eigenvalue weighted by Crippen LogP contribution is -2.23. The second-order valence-electron chi connectivity index (χ2n) is 7.59. The number of hydrogen-bond donors (Lipinski definition) is 0. The molecule has 0 N–H and O–H groups in total. The van der Waals surface area contributed by atoms with Crippen LogP contribution in [0.3, 0.4) is 0 Å². The van der Waals surface area contributed by atoms with Crippen molar-refractivity contribution in [3.63, 3.8) is 0 Å². The van der Waals surface area contributed by atoms with Crippen molar-refractivity contribution in [3.05, 3.63) is 95.1 Å². The fourth-order valence-corrected chi connectivity index (χ4v) is 3.46. The third kappa shape index (κ3) is 5.11. The average molecular weight is 469 g/mol. The highest BCUT2D eigenvalue weighted by Crippen LogP contribution is 2.31. The van der Waals surface area contributed by atoms with E-state index in [1.54, 1.807) is 55.5 Å². The van der Waals surface area contributed by atoms with E-state index in [4.69, 9.17) is 9.47 Å². The van der Waals surface area contributed by atoms with Crippen molar-refractivity contribution in [2.75, 3.05) is 11.6 Å². The topological polar surface area (TPSA) is 108 Å². The first kappa shape index (κ1) is 23.4. The molecule has 0 saturated heterocycles. The zero-order valence-corrected chi connectivity index (χ0v) is 19.1. The lowest BCUT2D eigenvalue weighted by molar-refractivity contribution is -0.255. The molecule has 0 saturated carbocycles. The standard InChI is InChI=1S/C27H22N2O6/c1-3-34-24-16-18(9-14-23(24)35-27(33)20-7-5-4-6-8-20)15-22-17(2)28-29(25(22)30)21-12-10-19(11-13-21)26(31)32/h4-16H,3H2,1-2H3,(H,31,32)/p-1/b22-15-.